The number of hydrogen-bond acceptors (Lipinski definition) is 4. The lowest BCUT2D eigenvalue weighted by molar-refractivity contribution is 0.579. The van der Waals surface area contributed by atoms with E-state index in [1.807, 2.05) is 0 Å². The SMILES string of the molecule is NCC1(S(=O)(=O)c2ccc(Cl)s2)CC1. The van der Waals surface area contributed by atoms with Gasteiger partial charge in [-0.2, -0.15) is 0 Å². The Balaban J connectivity index is 2.43. The Bertz CT molecular complexity index is 448. The van der Waals surface area contributed by atoms with E-state index in [0.717, 1.165) is 11.3 Å². The van der Waals surface area contributed by atoms with Crippen LogP contribution in [-0.4, -0.2) is 19.7 Å². The monoisotopic (exact) mass is 251 g/mol. The van der Waals surface area contributed by atoms with Crippen molar-refractivity contribution in [2.45, 2.75) is 21.8 Å². The van der Waals surface area contributed by atoms with Crippen LogP contribution in [0.1, 0.15) is 12.8 Å². The number of sulfone groups is 1. The maximum Gasteiger partial charge on any atom is 0.194 e. The van der Waals surface area contributed by atoms with E-state index in [2.05, 4.69) is 0 Å². The fraction of sp³-hybridized carbons (Fsp3) is 0.500. The summed E-state index contributed by atoms with van der Waals surface area (Å²) in [5.41, 5.74) is 5.49. The number of nitrogens with two attached hydrogens (primary N) is 1. The van der Waals surface area contributed by atoms with Crippen molar-refractivity contribution in [2.75, 3.05) is 6.54 Å². The quantitative estimate of drug-likeness (QED) is 0.889. The standard InChI is InChI=1S/C8H10ClNO2S2/c9-6-1-2-7(13-6)14(11,12)8(5-10)3-4-8/h1-2H,3-5,10H2. The van der Waals surface area contributed by atoms with Gasteiger partial charge in [-0.3, -0.25) is 0 Å². The Labute approximate surface area is 91.8 Å². The Morgan fingerprint density at radius 2 is 2.14 bits per heavy atom. The highest BCUT2D eigenvalue weighted by Crippen LogP contribution is 2.47. The molecule has 1 heterocycles. The van der Waals surface area contributed by atoms with Gasteiger partial charge in [0, 0.05) is 6.54 Å². The summed E-state index contributed by atoms with van der Waals surface area (Å²) in [6, 6.07) is 3.16. The smallest absolute Gasteiger partial charge is 0.194 e. The minimum atomic E-state index is -3.25. The molecule has 1 aromatic rings. The predicted molar refractivity (Wildman–Crippen MR) is 57.5 cm³/mol. The average Bonchev–Trinajstić information content (AvgIpc) is 2.84. The largest absolute Gasteiger partial charge is 0.329 e. The van der Waals surface area contributed by atoms with Crippen molar-refractivity contribution in [2.24, 2.45) is 5.73 Å². The second kappa shape index (κ2) is 3.20. The molecule has 1 aliphatic carbocycles. The molecule has 0 radical (unpaired) electrons. The Morgan fingerprint density at radius 1 is 1.50 bits per heavy atom. The van der Waals surface area contributed by atoms with Crippen LogP contribution in [0.4, 0.5) is 0 Å². The normalized spacial score (nSPS) is 19.6. The molecule has 0 unspecified atom stereocenters. The molecule has 0 aromatic carbocycles. The minimum Gasteiger partial charge on any atom is -0.329 e. The first-order valence-electron chi connectivity index (χ1n) is 4.22. The van der Waals surface area contributed by atoms with E-state index < -0.39 is 14.6 Å². The van der Waals surface area contributed by atoms with Gasteiger partial charge in [-0.25, -0.2) is 8.42 Å². The van der Waals surface area contributed by atoms with Crippen molar-refractivity contribution in [3.63, 3.8) is 0 Å². The summed E-state index contributed by atoms with van der Waals surface area (Å²) in [6.45, 7) is 0.199. The Kier molecular flexibility index (Phi) is 2.38. The summed E-state index contributed by atoms with van der Waals surface area (Å²) in [7, 11) is -3.25. The molecule has 3 nitrogen and oxygen atoms in total. The summed E-state index contributed by atoms with van der Waals surface area (Å²) >= 11 is 6.80. The van der Waals surface area contributed by atoms with Crippen LogP contribution in [0.2, 0.25) is 4.34 Å². The second-order valence-electron chi connectivity index (χ2n) is 3.45. The molecule has 0 aliphatic heterocycles. The van der Waals surface area contributed by atoms with Gasteiger partial charge in [0.15, 0.2) is 9.84 Å². The fourth-order valence-electron chi connectivity index (χ4n) is 1.38. The van der Waals surface area contributed by atoms with Gasteiger partial charge in [-0.05, 0) is 25.0 Å². The van der Waals surface area contributed by atoms with Crippen LogP contribution >= 0.6 is 22.9 Å². The Hall–Kier alpha value is -0.100. The van der Waals surface area contributed by atoms with Crippen LogP contribution in [0.15, 0.2) is 16.3 Å². The van der Waals surface area contributed by atoms with Gasteiger partial charge in [-0.15, -0.1) is 11.3 Å². The van der Waals surface area contributed by atoms with E-state index in [0.29, 0.717) is 21.4 Å². The molecule has 6 heteroatoms. The van der Waals surface area contributed by atoms with E-state index in [1.165, 1.54) is 0 Å². The lowest BCUT2D eigenvalue weighted by atomic mass is 10.4. The van der Waals surface area contributed by atoms with E-state index in [1.54, 1.807) is 12.1 Å². The molecule has 78 valence electrons. The molecule has 0 spiro atoms. The number of rotatable bonds is 3. The fourth-order valence-corrected chi connectivity index (χ4v) is 5.06. The van der Waals surface area contributed by atoms with Crippen LogP contribution in [0.3, 0.4) is 0 Å². The number of halogens is 1. The summed E-state index contributed by atoms with van der Waals surface area (Å²) in [6.07, 6.45) is 1.34. The van der Waals surface area contributed by atoms with Gasteiger partial charge in [0.1, 0.15) is 4.21 Å². The second-order valence-corrected chi connectivity index (χ2v) is 7.74. The molecule has 1 fully saturated rings. The van der Waals surface area contributed by atoms with Gasteiger partial charge in [0.25, 0.3) is 0 Å². The highest BCUT2D eigenvalue weighted by atomic mass is 35.5. The van der Waals surface area contributed by atoms with Gasteiger partial charge >= 0.3 is 0 Å². The van der Waals surface area contributed by atoms with Crippen molar-refractivity contribution in [3.8, 4) is 0 Å². The minimum absolute atomic E-state index is 0.199. The molecule has 1 aliphatic rings. The molecule has 0 saturated heterocycles. The van der Waals surface area contributed by atoms with E-state index >= 15 is 0 Å². The van der Waals surface area contributed by atoms with Gasteiger partial charge < -0.3 is 5.73 Å². The lowest BCUT2D eigenvalue weighted by Crippen LogP contribution is -2.31. The van der Waals surface area contributed by atoms with Gasteiger partial charge in [0.05, 0.1) is 9.08 Å². The molecule has 0 atom stereocenters. The number of hydrogen-bond donors (Lipinski definition) is 1. The zero-order chi connectivity index (χ0) is 10.4. The highest BCUT2D eigenvalue weighted by molar-refractivity contribution is 7.95. The maximum absolute atomic E-state index is 12.0. The third kappa shape index (κ3) is 1.39. The average molecular weight is 252 g/mol. The van der Waals surface area contributed by atoms with Gasteiger partial charge in [0.2, 0.25) is 0 Å². The van der Waals surface area contributed by atoms with E-state index in [9.17, 15) is 8.42 Å². The summed E-state index contributed by atoms with van der Waals surface area (Å²) < 4.78 is 24.2. The third-order valence-electron chi connectivity index (χ3n) is 2.56. The highest BCUT2D eigenvalue weighted by Gasteiger charge is 2.54. The Morgan fingerprint density at radius 3 is 2.50 bits per heavy atom. The van der Waals surface area contributed by atoms with E-state index in [-0.39, 0.29) is 6.54 Å². The van der Waals surface area contributed by atoms with Crippen LogP contribution < -0.4 is 5.73 Å². The summed E-state index contributed by atoms with van der Waals surface area (Å²) in [4.78, 5) is 0. The van der Waals surface area contributed by atoms with Gasteiger partial charge in [-0.1, -0.05) is 11.6 Å². The number of thiophene rings is 1. The van der Waals surface area contributed by atoms with Crippen molar-refractivity contribution in [3.05, 3.63) is 16.5 Å². The third-order valence-corrected chi connectivity index (χ3v) is 6.88. The topological polar surface area (TPSA) is 60.2 Å². The van der Waals surface area contributed by atoms with Crippen molar-refractivity contribution in [1.29, 1.82) is 0 Å². The first-order chi connectivity index (χ1) is 6.52. The molecular weight excluding hydrogens is 242 g/mol. The lowest BCUT2D eigenvalue weighted by Gasteiger charge is -2.11. The van der Waals surface area contributed by atoms with Crippen LogP contribution in [-0.2, 0) is 9.84 Å². The maximum atomic E-state index is 12.0. The zero-order valence-corrected chi connectivity index (χ0v) is 9.75. The van der Waals surface area contributed by atoms with Crippen molar-refractivity contribution >= 4 is 32.8 Å². The van der Waals surface area contributed by atoms with Crippen LogP contribution in [0, 0.1) is 0 Å². The molecule has 0 amide bonds. The first-order valence-corrected chi connectivity index (χ1v) is 6.90. The van der Waals surface area contributed by atoms with Crippen LogP contribution in [0.5, 0.6) is 0 Å². The molecule has 2 N–H and O–H groups in total. The molecule has 0 bridgehead atoms. The summed E-state index contributed by atoms with van der Waals surface area (Å²) in [5, 5.41) is 0. The molecule has 1 saturated carbocycles. The van der Waals surface area contributed by atoms with Crippen LogP contribution in [0.25, 0.3) is 0 Å². The molecular formula is C8H10ClNO2S2. The molecule has 2 rings (SSSR count). The molecule has 14 heavy (non-hydrogen) atoms. The summed E-state index contributed by atoms with van der Waals surface area (Å²) in [5.74, 6) is 0. The zero-order valence-electron chi connectivity index (χ0n) is 7.36. The van der Waals surface area contributed by atoms with Crippen molar-refractivity contribution < 1.29 is 8.42 Å². The predicted octanol–water partition coefficient (Wildman–Crippen LogP) is 1.67. The van der Waals surface area contributed by atoms with E-state index in [4.69, 9.17) is 17.3 Å². The molecule has 1 aromatic heterocycles. The first kappa shape index (κ1) is 10.4. The van der Waals surface area contributed by atoms with Crippen molar-refractivity contribution in [1.82, 2.24) is 0 Å².